The number of nitrogens with zero attached hydrogens (tertiary/aromatic N) is 1. The van der Waals surface area contributed by atoms with Crippen LogP contribution in [-0.2, 0) is 9.59 Å². The summed E-state index contributed by atoms with van der Waals surface area (Å²) in [4.78, 5) is 26.5. The monoisotopic (exact) mass is 371 g/mol. The standard InChI is InChI=1S/C18H18FNO2S.ClH/c19-14-4-2-1-3-13(14)17(18(22)11-5-6-11)20-8-7-15-12(10-20)9-16(21)23-15;/h1-4,9,11,15,17H,5-8,10H2;1H/i1D,2D,3D,4D;. The largest absolute Gasteiger partial charge is 0.297 e. The van der Waals surface area contributed by atoms with Gasteiger partial charge in [0.2, 0.25) is 5.12 Å². The Hall–Kier alpha value is -1.17. The lowest BCUT2D eigenvalue weighted by atomic mass is 9.94. The van der Waals surface area contributed by atoms with Crippen LogP contribution in [0.3, 0.4) is 0 Å². The van der Waals surface area contributed by atoms with Crippen molar-refractivity contribution in [1.82, 2.24) is 4.90 Å². The van der Waals surface area contributed by atoms with Crippen molar-refractivity contribution in [3.05, 3.63) is 47.2 Å². The van der Waals surface area contributed by atoms with Gasteiger partial charge in [-0.1, -0.05) is 29.9 Å². The van der Waals surface area contributed by atoms with Gasteiger partial charge in [0.05, 0.1) is 11.5 Å². The van der Waals surface area contributed by atoms with E-state index in [1.165, 1.54) is 11.8 Å². The van der Waals surface area contributed by atoms with E-state index in [2.05, 4.69) is 0 Å². The highest BCUT2D eigenvalue weighted by Crippen LogP contribution is 2.41. The molecule has 6 heteroatoms. The Balaban J connectivity index is 0.00000225. The fourth-order valence-electron chi connectivity index (χ4n) is 3.29. The molecule has 2 atom stereocenters. The normalized spacial score (nSPS) is 27.1. The minimum absolute atomic E-state index is 0. The van der Waals surface area contributed by atoms with Crippen molar-refractivity contribution < 1.29 is 19.5 Å². The third-order valence-electron chi connectivity index (χ3n) is 4.60. The van der Waals surface area contributed by atoms with Crippen LogP contribution in [0.15, 0.2) is 35.8 Å². The van der Waals surface area contributed by atoms with Crippen LogP contribution in [0.25, 0.3) is 0 Å². The van der Waals surface area contributed by atoms with Gasteiger partial charge in [0, 0.05) is 29.8 Å². The van der Waals surface area contributed by atoms with E-state index in [-0.39, 0.29) is 40.0 Å². The first-order valence-electron chi connectivity index (χ1n) is 9.74. The minimum Gasteiger partial charge on any atom is -0.297 e. The molecule has 3 nitrogen and oxygen atoms in total. The molecule has 0 spiro atoms. The van der Waals surface area contributed by atoms with Crippen molar-refractivity contribution >= 4 is 35.1 Å². The number of carbonyl (C=O) groups is 2. The molecule has 1 saturated heterocycles. The van der Waals surface area contributed by atoms with Crippen molar-refractivity contribution in [2.24, 2.45) is 5.92 Å². The summed E-state index contributed by atoms with van der Waals surface area (Å²) in [5, 5.41) is 0.0644. The summed E-state index contributed by atoms with van der Waals surface area (Å²) in [5.74, 6) is -1.46. The number of benzene rings is 1. The summed E-state index contributed by atoms with van der Waals surface area (Å²) in [6.45, 7) is 0.794. The molecule has 0 N–H and O–H groups in total. The number of hydrogen-bond acceptors (Lipinski definition) is 4. The van der Waals surface area contributed by atoms with Crippen LogP contribution < -0.4 is 0 Å². The zero-order chi connectivity index (χ0) is 19.5. The summed E-state index contributed by atoms with van der Waals surface area (Å²) in [6.07, 6.45) is 3.64. The lowest BCUT2D eigenvalue weighted by Crippen LogP contribution is -2.42. The second-order valence-corrected chi connectivity index (χ2v) is 7.42. The second kappa shape index (κ2) is 6.98. The van der Waals surface area contributed by atoms with E-state index in [0.717, 1.165) is 18.4 Å². The van der Waals surface area contributed by atoms with Gasteiger partial charge in [0.25, 0.3) is 0 Å². The third-order valence-corrected chi connectivity index (χ3v) is 5.77. The number of piperidine rings is 1. The van der Waals surface area contributed by atoms with Gasteiger partial charge in [-0.25, -0.2) is 4.39 Å². The van der Waals surface area contributed by atoms with Crippen molar-refractivity contribution in [3.63, 3.8) is 0 Å². The molecule has 1 saturated carbocycles. The molecule has 3 aliphatic rings. The highest BCUT2D eigenvalue weighted by Gasteiger charge is 2.42. The highest BCUT2D eigenvalue weighted by molar-refractivity contribution is 8.15. The number of carbonyl (C=O) groups excluding carboxylic acids is 2. The van der Waals surface area contributed by atoms with E-state index in [1.807, 2.05) is 0 Å². The zero-order valence-electron chi connectivity index (χ0n) is 16.8. The lowest BCUT2D eigenvalue weighted by molar-refractivity contribution is -0.126. The molecule has 0 bridgehead atoms. The van der Waals surface area contributed by atoms with Crippen LogP contribution in [0.2, 0.25) is 0 Å². The van der Waals surface area contributed by atoms with E-state index in [0.29, 0.717) is 19.5 Å². The number of halogens is 2. The summed E-state index contributed by atoms with van der Waals surface area (Å²) in [6, 6.07) is -3.48. The van der Waals surface area contributed by atoms with Crippen molar-refractivity contribution in [2.75, 3.05) is 13.1 Å². The molecular formula is C18H19ClFNO2S. The van der Waals surface area contributed by atoms with Gasteiger partial charge in [0.1, 0.15) is 5.82 Å². The number of likely N-dealkylation sites (tertiary alicyclic amines) is 1. The quantitative estimate of drug-likeness (QED) is 0.811. The predicted octanol–water partition coefficient (Wildman–Crippen LogP) is 3.54. The van der Waals surface area contributed by atoms with E-state index >= 15 is 0 Å². The Morgan fingerprint density at radius 2 is 2.08 bits per heavy atom. The molecule has 128 valence electrons. The predicted molar refractivity (Wildman–Crippen MR) is 94.8 cm³/mol. The maximum absolute atomic E-state index is 14.9. The first-order valence-corrected chi connectivity index (χ1v) is 8.62. The molecule has 2 fully saturated rings. The molecular weight excluding hydrogens is 349 g/mol. The van der Waals surface area contributed by atoms with Crippen LogP contribution in [0, 0.1) is 11.7 Å². The molecule has 0 aromatic heterocycles. The smallest absolute Gasteiger partial charge is 0.212 e. The van der Waals surface area contributed by atoms with E-state index in [1.54, 1.807) is 11.0 Å². The number of hydrogen-bond donors (Lipinski definition) is 0. The average molecular weight is 372 g/mol. The molecule has 24 heavy (non-hydrogen) atoms. The summed E-state index contributed by atoms with van der Waals surface area (Å²) >= 11 is 1.26. The van der Waals surface area contributed by atoms with Crippen molar-refractivity contribution in [3.8, 4) is 0 Å². The van der Waals surface area contributed by atoms with Crippen LogP contribution >= 0.6 is 24.2 Å². The lowest BCUT2D eigenvalue weighted by Gasteiger charge is -2.37. The Morgan fingerprint density at radius 3 is 2.83 bits per heavy atom. The van der Waals surface area contributed by atoms with Gasteiger partial charge in [0.15, 0.2) is 5.78 Å². The zero-order valence-corrected chi connectivity index (χ0v) is 14.4. The van der Waals surface area contributed by atoms with Crippen molar-refractivity contribution in [1.29, 1.82) is 0 Å². The number of ketones is 1. The number of rotatable bonds is 4. The molecule has 0 radical (unpaired) electrons. The Kier molecular flexibility index (Phi) is 3.81. The molecule has 1 aliphatic carbocycles. The number of fused-ring (bicyclic) bond motifs is 1. The molecule has 2 aliphatic heterocycles. The first-order chi connectivity index (χ1) is 12.8. The Labute approximate surface area is 156 Å². The van der Waals surface area contributed by atoms with E-state index < -0.39 is 36.0 Å². The van der Waals surface area contributed by atoms with E-state index in [4.69, 9.17) is 5.48 Å². The molecule has 0 amide bonds. The SMILES string of the molecule is Cl.[2H]c1c([2H])c([2H])c(C(C(=O)C2CC2)N2CCC3SC(=O)C=C3C2)c(F)c1[2H]. The summed E-state index contributed by atoms with van der Waals surface area (Å²) in [7, 11) is 0. The fourth-order valence-corrected chi connectivity index (χ4v) is 4.31. The Morgan fingerprint density at radius 1 is 1.33 bits per heavy atom. The number of Topliss-reactive ketones (excluding diaryl/α,β-unsaturated/α-hetero) is 1. The van der Waals surface area contributed by atoms with Crippen molar-refractivity contribution in [2.45, 2.75) is 30.6 Å². The van der Waals surface area contributed by atoms with Gasteiger partial charge in [-0.3, -0.25) is 14.5 Å². The Bertz CT molecular complexity index is 864. The number of thioether (sulfide) groups is 1. The first kappa shape index (κ1) is 13.1. The van der Waals surface area contributed by atoms with Crippen LogP contribution in [-0.4, -0.2) is 34.1 Å². The summed E-state index contributed by atoms with van der Waals surface area (Å²) < 4.78 is 46.4. The van der Waals surface area contributed by atoms with Crippen LogP contribution in [0.1, 0.15) is 36.4 Å². The average Bonchev–Trinajstić information content (AvgIpc) is 3.42. The van der Waals surface area contributed by atoms with Gasteiger partial charge < -0.3 is 0 Å². The molecule has 2 unspecified atom stereocenters. The topological polar surface area (TPSA) is 37.4 Å². The van der Waals surface area contributed by atoms with Gasteiger partial charge >= 0.3 is 0 Å². The van der Waals surface area contributed by atoms with Crippen LogP contribution in [0.5, 0.6) is 0 Å². The second-order valence-electron chi connectivity index (χ2n) is 6.21. The molecule has 4 rings (SSSR count). The maximum atomic E-state index is 14.9. The van der Waals surface area contributed by atoms with Gasteiger partial charge in [-0.05, 0) is 37.0 Å². The van der Waals surface area contributed by atoms with Gasteiger partial charge in [-0.15, -0.1) is 12.4 Å². The molecule has 1 aromatic carbocycles. The molecule has 2 heterocycles. The molecule has 1 aromatic rings. The van der Waals surface area contributed by atoms with Crippen LogP contribution in [0.4, 0.5) is 4.39 Å². The third kappa shape index (κ3) is 3.30. The fraction of sp³-hybridized carbons (Fsp3) is 0.444. The maximum Gasteiger partial charge on any atom is 0.212 e. The minimum atomic E-state index is -1.06. The highest BCUT2D eigenvalue weighted by atomic mass is 35.5. The van der Waals surface area contributed by atoms with Gasteiger partial charge in [-0.2, -0.15) is 0 Å². The van der Waals surface area contributed by atoms with E-state index in [9.17, 15) is 14.0 Å². The summed E-state index contributed by atoms with van der Waals surface area (Å²) in [5.41, 5.74) is 0.625.